The quantitative estimate of drug-likeness (QED) is 0.530. The zero-order chi connectivity index (χ0) is 22.6. The van der Waals surface area contributed by atoms with Gasteiger partial charge in [-0.05, 0) is 12.1 Å². The molecule has 0 saturated carbocycles. The number of hydrogen-bond acceptors (Lipinski definition) is 5. The largest absolute Gasteiger partial charge is 0.449 e. The monoisotopic (exact) mass is 426 g/mol. The second-order valence-electron chi connectivity index (χ2n) is 5.34. The molecule has 0 aliphatic carbocycles. The fraction of sp³-hybridized carbons (Fsp3) is 0.0556. The zero-order valence-electron chi connectivity index (χ0n) is 14.2. The van der Waals surface area contributed by atoms with Gasteiger partial charge in [0.25, 0.3) is 0 Å². The van der Waals surface area contributed by atoms with Crippen molar-refractivity contribution >= 4 is 5.69 Å². The van der Waals surface area contributed by atoms with E-state index in [2.05, 4.69) is 5.32 Å². The van der Waals surface area contributed by atoms with Crippen molar-refractivity contribution in [1.29, 1.82) is 15.8 Å². The molecule has 0 saturated heterocycles. The van der Waals surface area contributed by atoms with Gasteiger partial charge in [-0.1, -0.05) is 0 Å². The Morgan fingerprint density at radius 1 is 0.800 bits per heavy atom. The summed E-state index contributed by atoms with van der Waals surface area (Å²) in [5, 5.41) is 28.7. The number of halogens is 7. The van der Waals surface area contributed by atoms with Crippen LogP contribution in [0.3, 0.4) is 0 Å². The van der Waals surface area contributed by atoms with Crippen LogP contribution in [0.4, 0.5) is 36.4 Å². The van der Waals surface area contributed by atoms with Crippen LogP contribution in [0.1, 0.15) is 5.56 Å². The summed E-state index contributed by atoms with van der Waals surface area (Å²) < 4.78 is 97.9. The van der Waals surface area contributed by atoms with Gasteiger partial charge in [-0.2, -0.15) is 29.0 Å². The lowest BCUT2D eigenvalue weighted by Crippen LogP contribution is -2.08. The Labute approximate surface area is 163 Å². The summed E-state index contributed by atoms with van der Waals surface area (Å²) in [6.45, 7) is 0. The Hall–Kier alpha value is -4.24. The van der Waals surface area contributed by atoms with Crippen LogP contribution in [-0.4, -0.2) is 0 Å². The van der Waals surface area contributed by atoms with Crippen molar-refractivity contribution in [3.63, 3.8) is 0 Å². The minimum Gasteiger partial charge on any atom is -0.449 e. The molecule has 0 unspecified atom stereocenters. The average molecular weight is 426 g/mol. The number of nitrogens with one attached hydrogen (secondary N) is 1. The van der Waals surface area contributed by atoms with Gasteiger partial charge in [0.2, 0.25) is 0 Å². The predicted octanol–water partition coefficient (Wildman–Crippen LogP) is 5.29. The van der Waals surface area contributed by atoms with E-state index in [9.17, 15) is 30.7 Å². The maximum atomic E-state index is 14.0. The van der Waals surface area contributed by atoms with Crippen LogP contribution < -0.4 is 10.1 Å². The Morgan fingerprint density at radius 2 is 1.33 bits per heavy atom. The third-order valence-corrected chi connectivity index (χ3v) is 3.41. The molecule has 0 radical (unpaired) electrons. The number of rotatable bonds is 4. The molecule has 0 fully saturated rings. The topological polar surface area (TPSA) is 92.6 Å². The van der Waals surface area contributed by atoms with Crippen molar-refractivity contribution in [1.82, 2.24) is 0 Å². The van der Waals surface area contributed by atoms with Gasteiger partial charge in [-0.3, -0.25) is 0 Å². The van der Waals surface area contributed by atoms with Crippen LogP contribution >= 0.6 is 0 Å². The number of ether oxygens (including phenoxy) is 1. The van der Waals surface area contributed by atoms with Gasteiger partial charge < -0.3 is 10.1 Å². The third-order valence-electron chi connectivity index (χ3n) is 3.41. The Morgan fingerprint density at radius 3 is 1.80 bits per heavy atom. The van der Waals surface area contributed by atoms with Crippen molar-refractivity contribution in [3.8, 4) is 29.7 Å². The van der Waals surface area contributed by atoms with Crippen molar-refractivity contribution in [2.45, 2.75) is 6.18 Å². The highest BCUT2D eigenvalue weighted by Gasteiger charge is 2.33. The van der Waals surface area contributed by atoms with Crippen LogP contribution in [0.15, 0.2) is 35.5 Å². The van der Waals surface area contributed by atoms with Crippen molar-refractivity contribution in [2.75, 3.05) is 5.32 Å². The van der Waals surface area contributed by atoms with Gasteiger partial charge in [0.15, 0.2) is 40.3 Å². The number of alkyl halides is 3. The highest BCUT2D eigenvalue weighted by molar-refractivity contribution is 5.65. The van der Waals surface area contributed by atoms with Crippen molar-refractivity contribution < 1.29 is 35.5 Å². The number of anilines is 1. The van der Waals surface area contributed by atoms with Crippen LogP contribution in [0.5, 0.6) is 11.5 Å². The summed E-state index contributed by atoms with van der Waals surface area (Å²) in [5.41, 5.74) is -3.80. The molecule has 0 aliphatic heterocycles. The first-order valence-electron chi connectivity index (χ1n) is 7.46. The van der Waals surface area contributed by atoms with Crippen LogP contribution in [0, 0.1) is 57.3 Å². The van der Waals surface area contributed by atoms with Crippen molar-refractivity contribution in [3.05, 3.63) is 64.4 Å². The number of nitriles is 3. The first-order chi connectivity index (χ1) is 14.0. The number of benzene rings is 2. The van der Waals surface area contributed by atoms with Crippen LogP contribution in [0.2, 0.25) is 0 Å². The smallest absolute Gasteiger partial charge is 0.416 e. The second kappa shape index (κ2) is 8.41. The number of hydrogen-bond donors (Lipinski definition) is 1. The Balaban J connectivity index is 2.58. The summed E-state index contributed by atoms with van der Waals surface area (Å²) in [7, 11) is 0. The fourth-order valence-corrected chi connectivity index (χ4v) is 2.06. The first-order valence-corrected chi connectivity index (χ1v) is 7.46. The molecule has 2 aromatic rings. The molecule has 0 bridgehead atoms. The van der Waals surface area contributed by atoms with E-state index in [1.54, 1.807) is 0 Å². The highest BCUT2D eigenvalue weighted by Crippen LogP contribution is 2.38. The number of allylic oxidation sites excluding steroid dienone is 2. The molecule has 0 spiro atoms. The summed E-state index contributed by atoms with van der Waals surface area (Å²) in [6.07, 6.45) is -5.06. The lowest BCUT2D eigenvalue weighted by Gasteiger charge is -2.15. The molecule has 1 N–H and O–H groups in total. The van der Waals surface area contributed by atoms with E-state index in [4.69, 9.17) is 20.5 Å². The molecule has 152 valence electrons. The summed E-state index contributed by atoms with van der Waals surface area (Å²) in [6, 6.07) is 4.64. The molecule has 0 atom stereocenters. The minimum atomic E-state index is -5.06. The highest BCUT2D eigenvalue weighted by atomic mass is 19.4. The van der Waals surface area contributed by atoms with Gasteiger partial charge in [0.1, 0.15) is 23.9 Å². The Kier molecular flexibility index (Phi) is 6.18. The van der Waals surface area contributed by atoms with E-state index in [0.717, 1.165) is 0 Å². The fourth-order valence-electron chi connectivity index (χ4n) is 2.06. The molecule has 2 aromatic carbocycles. The zero-order valence-corrected chi connectivity index (χ0v) is 14.2. The molecule has 0 heterocycles. The molecular weight excluding hydrogens is 421 g/mol. The van der Waals surface area contributed by atoms with Gasteiger partial charge in [-0.15, -0.1) is 0 Å². The van der Waals surface area contributed by atoms with Gasteiger partial charge >= 0.3 is 6.18 Å². The molecule has 0 aliphatic rings. The Bertz CT molecular complexity index is 1130. The van der Waals surface area contributed by atoms with Crippen molar-refractivity contribution in [2.24, 2.45) is 0 Å². The predicted molar refractivity (Wildman–Crippen MR) is 85.3 cm³/mol. The molecule has 0 amide bonds. The molecule has 5 nitrogen and oxygen atoms in total. The van der Waals surface area contributed by atoms with E-state index in [-0.39, 0.29) is 12.1 Å². The maximum Gasteiger partial charge on any atom is 0.416 e. The SMILES string of the molecule is N#CC(C#N)=C(C#N)Nc1cc(F)c(F)cc1Oc1c(F)cc(C(F)(F)F)cc1F. The van der Waals surface area contributed by atoms with Gasteiger partial charge in [0, 0.05) is 12.1 Å². The standard InChI is InChI=1S/C18H5F7N4O/c19-10-3-14(29-15(7-28)8(5-26)6-27)16(4-11(10)20)30-17-12(21)1-9(2-13(17)22)18(23,24)25/h1-4,29H. The second-order valence-corrected chi connectivity index (χ2v) is 5.34. The third kappa shape index (κ3) is 4.59. The molecule has 0 aromatic heterocycles. The van der Waals surface area contributed by atoms with Crippen LogP contribution in [-0.2, 0) is 6.18 Å². The lowest BCUT2D eigenvalue weighted by molar-refractivity contribution is -0.138. The van der Waals surface area contributed by atoms with Crippen LogP contribution in [0.25, 0.3) is 0 Å². The molecule has 2 rings (SSSR count). The normalized spacial score (nSPS) is 10.4. The number of nitrogens with zero attached hydrogens (tertiary/aromatic N) is 3. The minimum absolute atomic E-state index is 0.0739. The maximum absolute atomic E-state index is 14.0. The van der Waals surface area contributed by atoms with E-state index in [1.165, 1.54) is 18.2 Å². The molecule has 30 heavy (non-hydrogen) atoms. The van der Waals surface area contributed by atoms with Gasteiger partial charge in [0.05, 0.1) is 11.3 Å². The van der Waals surface area contributed by atoms with E-state index in [1.807, 2.05) is 0 Å². The lowest BCUT2D eigenvalue weighted by atomic mass is 10.2. The summed E-state index contributed by atoms with van der Waals surface area (Å²) in [4.78, 5) is 0. The molecular formula is C18H5F7N4O. The van der Waals surface area contributed by atoms with E-state index < -0.39 is 63.5 Å². The first kappa shape index (κ1) is 22.1. The summed E-state index contributed by atoms with van der Waals surface area (Å²) >= 11 is 0. The van der Waals surface area contributed by atoms with E-state index >= 15 is 0 Å². The summed E-state index contributed by atoms with van der Waals surface area (Å²) in [5.74, 6) is -8.90. The molecule has 12 heteroatoms. The van der Waals surface area contributed by atoms with Gasteiger partial charge in [-0.25, -0.2) is 17.6 Å². The van der Waals surface area contributed by atoms with E-state index in [0.29, 0.717) is 12.1 Å². The average Bonchev–Trinajstić information content (AvgIpc) is 2.67.